The van der Waals surface area contributed by atoms with Gasteiger partial charge in [0.25, 0.3) is 0 Å². The summed E-state index contributed by atoms with van der Waals surface area (Å²) in [5, 5.41) is 4.19. The van der Waals surface area contributed by atoms with Gasteiger partial charge < -0.3 is 16.2 Å². The number of ether oxygens (including phenoxy) is 1. The summed E-state index contributed by atoms with van der Waals surface area (Å²) in [6.07, 6.45) is 3.34. The maximum Gasteiger partial charge on any atom is 0.151 e. The fraction of sp³-hybridized carbons (Fsp3) is 0.143. The summed E-state index contributed by atoms with van der Waals surface area (Å²) < 4.78 is 6.98. The fourth-order valence-corrected chi connectivity index (χ4v) is 2.32. The monoisotopic (exact) mass is 269 g/mol. The van der Waals surface area contributed by atoms with E-state index in [-0.39, 0.29) is 0 Å². The molecule has 0 amide bonds. The van der Waals surface area contributed by atoms with Crippen molar-refractivity contribution in [3.05, 3.63) is 42.4 Å². The van der Waals surface area contributed by atoms with Crippen molar-refractivity contribution in [2.45, 2.75) is 6.61 Å². The number of nitrogens with two attached hydrogens (primary N) is 2. The third-order valence-corrected chi connectivity index (χ3v) is 3.18. The first kappa shape index (κ1) is 12.4. The molecule has 102 valence electrons. The fourth-order valence-electron chi connectivity index (χ4n) is 2.32. The Morgan fingerprint density at radius 3 is 2.65 bits per heavy atom. The van der Waals surface area contributed by atoms with Gasteiger partial charge in [0, 0.05) is 30.1 Å². The molecule has 0 fully saturated rings. The number of benzene rings is 1. The summed E-state index contributed by atoms with van der Waals surface area (Å²) in [4.78, 5) is 4.06. The van der Waals surface area contributed by atoms with E-state index in [0.717, 1.165) is 27.9 Å². The quantitative estimate of drug-likeness (QED) is 0.706. The number of anilines is 2. The Balaban J connectivity index is 2.30. The molecule has 6 heteroatoms. The Labute approximate surface area is 116 Å². The maximum absolute atomic E-state index is 6.00. The second kappa shape index (κ2) is 4.82. The van der Waals surface area contributed by atoms with Gasteiger partial charge in [-0.1, -0.05) is 12.1 Å². The zero-order valence-electron chi connectivity index (χ0n) is 11.1. The third-order valence-electron chi connectivity index (χ3n) is 3.18. The number of hydrogen-bond donors (Lipinski definition) is 2. The van der Waals surface area contributed by atoms with E-state index in [9.17, 15) is 0 Å². The summed E-state index contributed by atoms with van der Waals surface area (Å²) in [6.45, 7) is 0.475. The highest BCUT2D eigenvalue weighted by atomic mass is 16.5. The van der Waals surface area contributed by atoms with Crippen molar-refractivity contribution >= 4 is 17.0 Å². The lowest BCUT2D eigenvalue weighted by atomic mass is 10.0. The van der Waals surface area contributed by atoms with Crippen LogP contribution in [0.15, 0.2) is 36.8 Å². The lowest BCUT2D eigenvalue weighted by Crippen LogP contribution is -1.98. The molecule has 0 unspecified atom stereocenters. The molecule has 3 aromatic rings. The summed E-state index contributed by atoms with van der Waals surface area (Å²) in [5.41, 5.74) is 16.2. The van der Waals surface area contributed by atoms with Crippen LogP contribution in [0.4, 0.5) is 11.5 Å². The molecule has 20 heavy (non-hydrogen) atoms. The van der Waals surface area contributed by atoms with Crippen molar-refractivity contribution in [1.29, 1.82) is 0 Å². The van der Waals surface area contributed by atoms with Crippen LogP contribution in [0.3, 0.4) is 0 Å². The second-order valence-corrected chi connectivity index (χ2v) is 4.52. The van der Waals surface area contributed by atoms with Crippen molar-refractivity contribution in [3.8, 4) is 11.1 Å². The Kier molecular flexibility index (Phi) is 3.00. The summed E-state index contributed by atoms with van der Waals surface area (Å²) in [5.74, 6) is 0.439. The van der Waals surface area contributed by atoms with Crippen LogP contribution in [0, 0.1) is 0 Å². The Morgan fingerprint density at radius 2 is 1.95 bits per heavy atom. The van der Waals surface area contributed by atoms with Gasteiger partial charge >= 0.3 is 0 Å². The highest BCUT2D eigenvalue weighted by Gasteiger charge is 2.16. The minimum atomic E-state index is 0.439. The van der Waals surface area contributed by atoms with Gasteiger partial charge in [-0.15, -0.1) is 0 Å². The van der Waals surface area contributed by atoms with Crippen LogP contribution in [0.25, 0.3) is 16.6 Å². The topological polar surface area (TPSA) is 91.5 Å². The Bertz CT molecular complexity index is 748. The summed E-state index contributed by atoms with van der Waals surface area (Å²) in [7, 11) is 1.66. The molecule has 0 aliphatic heterocycles. The predicted molar refractivity (Wildman–Crippen MR) is 78.0 cm³/mol. The van der Waals surface area contributed by atoms with Crippen molar-refractivity contribution in [2.24, 2.45) is 0 Å². The molecule has 1 aromatic carbocycles. The van der Waals surface area contributed by atoms with Gasteiger partial charge in [0.2, 0.25) is 0 Å². The van der Waals surface area contributed by atoms with E-state index in [0.29, 0.717) is 12.4 Å². The molecule has 0 bridgehead atoms. The van der Waals surface area contributed by atoms with Crippen LogP contribution in [-0.2, 0) is 11.3 Å². The minimum absolute atomic E-state index is 0.439. The minimum Gasteiger partial charge on any atom is -0.399 e. The lowest BCUT2D eigenvalue weighted by molar-refractivity contribution is 0.185. The molecule has 0 aliphatic rings. The molecule has 6 nitrogen and oxygen atoms in total. The summed E-state index contributed by atoms with van der Waals surface area (Å²) >= 11 is 0. The first-order valence-corrected chi connectivity index (χ1v) is 6.16. The first-order valence-electron chi connectivity index (χ1n) is 6.16. The number of hydrogen-bond acceptors (Lipinski definition) is 5. The first-order chi connectivity index (χ1) is 9.70. The number of fused-ring (bicyclic) bond motifs is 1. The molecule has 0 saturated carbocycles. The van der Waals surface area contributed by atoms with Crippen LogP contribution < -0.4 is 11.5 Å². The molecule has 0 aliphatic carbocycles. The number of methoxy groups -OCH3 is 1. The maximum atomic E-state index is 6.00. The molecule has 2 aromatic heterocycles. The third kappa shape index (κ3) is 1.96. The van der Waals surface area contributed by atoms with Crippen LogP contribution in [0.5, 0.6) is 0 Å². The summed E-state index contributed by atoms with van der Waals surface area (Å²) in [6, 6.07) is 7.62. The molecular weight excluding hydrogens is 254 g/mol. The standard InChI is InChI=1S/C14H15N5O/c1-20-7-10-6-19-13(14(16)17-8-18-19)12(10)9-2-4-11(15)5-3-9/h2-6,8H,7,15H2,1H3,(H2,16,17,18). The second-order valence-electron chi connectivity index (χ2n) is 4.52. The van der Waals surface area contributed by atoms with Gasteiger partial charge in [0.05, 0.1) is 6.61 Å². The average molecular weight is 269 g/mol. The van der Waals surface area contributed by atoms with Gasteiger partial charge in [-0.05, 0) is 17.7 Å². The van der Waals surface area contributed by atoms with E-state index in [1.165, 1.54) is 6.33 Å². The number of nitrogens with zero attached hydrogens (tertiary/aromatic N) is 3. The van der Waals surface area contributed by atoms with E-state index >= 15 is 0 Å². The Morgan fingerprint density at radius 1 is 1.20 bits per heavy atom. The van der Waals surface area contributed by atoms with Crippen LogP contribution in [-0.4, -0.2) is 21.7 Å². The molecule has 3 rings (SSSR count). The van der Waals surface area contributed by atoms with Gasteiger partial charge in [0.15, 0.2) is 5.82 Å². The molecule has 0 saturated heterocycles. The van der Waals surface area contributed by atoms with Crippen molar-refractivity contribution in [3.63, 3.8) is 0 Å². The predicted octanol–water partition coefficient (Wildman–Crippen LogP) is 1.71. The zero-order valence-corrected chi connectivity index (χ0v) is 11.1. The number of rotatable bonds is 3. The number of nitrogen functional groups attached to an aromatic ring is 2. The molecular formula is C14H15N5O. The van der Waals surface area contributed by atoms with E-state index in [4.69, 9.17) is 16.2 Å². The Hall–Kier alpha value is -2.60. The van der Waals surface area contributed by atoms with Crippen LogP contribution in [0.2, 0.25) is 0 Å². The molecule has 0 spiro atoms. The van der Waals surface area contributed by atoms with Crippen molar-refractivity contribution in [2.75, 3.05) is 18.6 Å². The van der Waals surface area contributed by atoms with Crippen molar-refractivity contribution in [1.82, 2.24) is 14.6 Å². The van der Waals surface area contributed by atoms with E-state index in [1.807, 2.05) is 30.5 Å². The highest BCUT2D eigenvalue weighted by Crippen LogP contribution is 2.33. The zero-order chi connectivity index (χ0) is 14.1. The SMILES string of the molecule is COCc1cn2ncnc(N)c2c1-c1ccc(N)cc1. The smallest absolute Gasteiger partial charge is 0.151 e. The normalized spacial score (nSPS) is 11.1. The number of aromatic nitrogens is 3. The van der Waals surface area contributed by atoms with Gasteiger partial charge in [0.1, 0.15) is 11.8 Å². The van der Waals surface area contributed by atoms with Gasteiger partial charge in [-0.3, -0.25) is 0 Å². The van der Waals surface area contributed by atoms with E-state index in [1.54, 1.807) is 11.6 Å². The van der Waals surface area contributed by atoms with Crippen LogP contribution >= 0.6 is 0 Å². The average Bonchev–Trinajstić information content (AvgIpc) is 2.80. The lowest BCUT2D eigenvalue weighted by Gasteiger charge is -2.06. The van der Waals surface area contributed by atoms with Crippen LogP contribution in [0.1, 0.15) is 5.56 Å². The molecule has 4 N–H and O–H groups in total. The molecule has 2 heterocycles. The van der Waals surface area contributed by atoms with Crippen molar-refractivity contribution < 1.29 is 4.74 Å². The van der Waals surface area contributed by atoms with Gasteiger partial charge in [-0.25, -0.2) is 9.50 Å². The molecule has 0 atom stereocenters. The highest BCUT2D eigenvalue weighted by molar-refractivity contribution is 5.90. The molecule has 0 radical (unpaired) electrons. The van der Waals surface area contributed by atoms with Gasteiger partial charge in [-0.2, -0.15) is 5.10 Å². The largest absolute Gasteiger partial charge is 0.399 e. The van der Waals surface area contributed by atoms with E-state index in [2.05, 4.69) is 10.1 Å². The van der Waals surface area contributed by atoms with E-state index < -0.39 is 0 Å².